The first-order valence-corrected chi connectivity index (χ1v) is 5.06. The Labute approximate surface area is 88.4 Å². The Morgan fingerprint density at radius 2 is 2.07 bits per heavy atom. The molecule has 1 heterocycles. The molecule has 2 aromatic rings. The summed E-state index contributed by atoms with van der Waals surface area (Å²) in [6, 6.07) is 5.96. The third kappa shape index (κ3) is 1.54. The lowest BCUT2D eigenvalue weighted by atomic mass is 10.0. The van der Waals surface area contributed by atoms with Crippen LogP contribution >= 0.6 is 0 Å². The number of fused-ring (bicyclic) bond motifs is 1. The fraction of sp³-hybridized carbons (Fsp3) is 0.333. The molecule has 0 fully saturated rings. The number of para-hydroxylation sites is 1. The largest absolute Gasteiger partial charge is 0.309 e. The minimum absolute atomic E-state index is 0.0663. The van der Waals surface area contributed by atoms with Crippen LogP contribution in [0.5, 0.6) is 0 Å². The van der Waals surface area contributed by atoms with Gasteiger partial charge in [0.05, 0.1) is 17.2 Å². The molecule has 0 aliphatic carbocycles. The topological polar surface area (TPSA) is 34.9 Å². The molecule has 0 saturated carbocycles. The van der Waals surface area contributed by atoms with Crippen LogP contribution in [0.2, 0.25) is 0 Å². The third-order valence-electron chi connectivity index (χ3n) is 2.66. The first-order valence-electron chi connectivity index (χ1n) is 5.06. The molecule has 3 heteroatoms. The van der Waals surface area contributed by atoms with Gasteiger partial charge in [-0.3, -0.25) is 4.79 Å². The molecule has 3 nitrogen and oxygen atoms in total. The Morgan fingerprint density at radius 3 is 2.73 bits per heavy atom. The second-order valence-corrected chi connectivity index (χ2v) is 4.03. The zero-order valence-electron chi connectivity index (χ0n) is 9.19. The standard InChI is InChI=1S/C12H14N2O/c1-8(2)9-5-4-6-10-12(9)13-7-11(15)14(10)3/h4-8H,1-3H3. The number of aromatic nitrogens is 2. The van der Waals surface area contributed by atoms with E-state index < -0.39 is 0 Å². The molecule has 0 radical (unpaired) electrons. The predicted molar refractivity (Wildman–Crippen MR) is 61.1 cm³/mol. The zero-order chi connectivity index (χ0) is 11.0. The second-order valence-electron chi connectivity index (χ2n) is 4.03. The second kappa shape index (κ2) is 3.50. The number of hydrogen-bond donors (Lipinski definition) is 0. The molecule has 0 aliphatic heterocycles. The van der Waals surface area contributed by atoms with E-state index in [1.54, 1.807) is 11.6 Å². The highest BCUT2D eigenvalue weighted by Crippen LogP contribution is 2.21. The van der Waals surface area contributed by atoms with E-state index in [0.717, 1.165) is 11.0 Å². The van der Waals surface area contributed by atoms with E-state index in [9.17, 15) is 4.79 Å². The van der Waals surface area contributed by atoms with E-state index in [2.05, 4.69) is 24.9 Å². The maximum absolute atomic E-state index is 11.4. The van der Waals surface area contributed by atoms with Crippen molar-refractivity contribution in [1.29, 1.82) is 0 Å². The van der Waals surface area contributed by atoms with Crippen molar-refractivity contribution >= 4 is 11.0 Å². The number of aryl methyl sites for hydroxylation is 1. The summed E-state index contributed by atoms with van der Waals surface area (Å²) in [7, 11) is 1.77. The van der Waals surface area contributed by atoms with Crippen molar-refractivity contribution in [3.63, 3.8) is 0 Å². The lowest BCUT2D eigenvalue weighted by Crippen LogP contribution is -2.17. The molecule has 0 bridgehead atoms. The van der Waals surface area contributed by atoms with E-state index in [-0.39, 0.29) is 5.56 Å². The van der Waals surface area contributed by atoms with E-state index in [1.807, 2.05) is 12.1 Å². The van der Waals surface area contributed by atoms with Crippen LogP contribution in [0.1, 0.15) is 25.3 Å². The maximum Gasteiger partial charge on any atom is 0.269 e. The first-order chi connectivity index (χ1) is 7.11. The Morgan fingerprint density at radius 1 is 1.33 bits per heavy atom. The van der Waals surface area contributed by atoms with Gasteiger partial charge in [-0.15, -0.1) is 0 Å². The van der Waals surface area contributed by atoms with Gasteiger partial charge in [0, 0.05) is 7.05 Å². The van der Waals surface area contributed by atoms with Crippen LogP contribution in [0.4, 0.5) is 0 Å². The SMILES string of the molecule is CC(C)c1cccc2c1ncc(=O)n2C. The Hall–Kier alpha value is -1.64. The molecular formula is C12H14N2O. The van der Waals surface area contributed by atoms with Gasteiger partial charge >= 0.3 is 0 Å². The van der Waals surface area contributed by atoms with Gasteiger partial charge in [-0.25, -0.2) is 4.98 Å². The summed E-state index contributed by atoms with van der Waals surface area (Å²) in [5, 5.41) is 0. The van der Waals surface area contributed by atoms with Gasteiger partial charge in [0.15, 0.2) is 0 Å². The van der Waals surface area contributed by atoms with Crippen LogP contribution in [-0.4, -0.2) is 9.55 Å². The summed E-state index contributed by atoms with van der Waals surface area (Å²) in [5.41, 5.74) is 2.94. The maximum atomic E-state index is 11.4. The van der Waals surface area contributed by atoms with E-state index in [4.69, 9.17) is 0 Å². The van der Waals surface area contributed by atoms with Gasteiger partial charge < -0.3 is 4.57 Å². The Balaban J connectivity index is 2.89. The van der Waals surface area contributed by atoms with Crippen LogP contribution in [-0.2, 0) is 7.05 Å². The van der Waals surface area contributed by atoms with Gasteiger partial charge in [0.1, 0.15) is 0 Å². The molecule has 2 rings (SSSR count). The number of hydrogen-bond acceptors (Lipinski definition) is 2. The van der Waals surface area contributed by atoms with Crippen molar-refractivity contribution in [3.8, 4) is 0 Å². The minimum atomic E-state index is -0.0663. The highest BCUT2D eigenvalue weighted by molar-refractivity contribution is 5.78. The predicted octanol–water partition coefficient (Wildman–Crippen LogP) is 2.06. The lowest BCUT2D eigenvalue weighted by Gasteiger charge is -2.10. The minimum Gasteiger partial charge on any atom is -0.309 e. The third-order valence-corrected chi connectivity index (χ3v) is 2.66. The van der Waals surface area contributed by atoms with Crippen molar-refractivity contribution in [3.05, 3.63) is 40.3 Å². The first kappa shape index (κ1) is 9.90. The van der Waals surface area contributed by atoms with Crippen molar-refractivity contribution < 1.29 is 0 Å². The fourth-order valence-electron chi connectivity index (χ4n) is 1.75. The van der Waals surface area contributed by atoms with E-state index in [0.29, 0.717) is 5.92 Å². The molecule has 0 aliphatic rings. The fourth-order valence-corrected chi connectivity index (χ4v) is 1.75. The summed E-state index contributed by atoms with van der Waals surface area (Å²) in [4.78, 5) is 15.6. The number of benzene rings is 1. The number of nitrogens with zero attached hydrogens (tertiary/aromatic N) is 2. The Bertz CT molecular complexity index is 555. The smallest absolute Gasteiger partial charge is 0.269 e. The van der Waals surface area contributed by atoms with E-state index in [1.165, 1.54) is 11.8 Å². The lowest BCUT2D eigenvalue weighted by molar-refractivity contribution is 0.856. The van der Waals surface area contributed by atoms with Crippen LogP contribution in [0, 0.1) is 0 Å². The van der Waals surface area contributed by atoms with Crippen LogP contribution < -0.4 is 5.56 Å². The van der Waals surface area contributed by atoms with E-state index >= 15 is 0 Å². The van der Waals surface area contributed by atoms with Crippen molar-refractivity contribution in [2.24, 2.45) is 7.05 Å². The van der Waals surface area contributed by atoms with Gasteiger partial charge in [-0.2, -0.15) is 0 Å². The summed E-state index contributed by atoms with van der Waals surface area (Å²) in [6.07, 6.45) is 1.38. The summed E-state index contributed by atoms with van der Waals surface area (Å²) in [6.45, 7) is 4.25. The highest BCUT2D eigenvalue weighted by Gasteiger charge is 2.07. The van der Waals surface area contributed by atoms with Gasteiger partial charge in [-0.05, 0) is 17.5 Å². The average Bonchev–Trinajstić information content (AvgIpc) is 2.23. The molecule has 15 heavy (non-hydrogen) atoms. The monoisotopic (exact) mass is 202 g/mol. The zero-order valence-corrected chi connectivity index (χ0v) is 9.19. The molecule has 0 spiro atoms. The van der Waals surface area contributed by atoms with Crippen molar-refractivity contribution in [2.45, 2.75) is 19.8 Å². The molecule has 1 aromatic carbocycles. The molecule has 0 saturated heterocycles. The average molecular weight is 202 g/mol. The normalized spacial score (nSPS) is 11.2. The van der Waals surface area contributed by atoms with Gasteiger partial charge in [0.25, 0.3) is 5.56 Å². The molecule has 78 valence electrons. The van der Waals surface area contributed by atoms with Gasteiger partial charge in [-0.1, -0.05) is 26.0 Å². The molecule has 0 atom stereocenters. The van der Waals surface area contributed by atoms with Crippen molar-refractivity contribution in [1.82, 2.24) is 9.55 Å². The highest BCUT2D eigenvalue weighted by atomic mass is 16.1. The molecule has 0 unspecified atom stereocenters. The Kier molecular flexibility index (Phi) is 2.31. The van der Waals surface area contributed by atoms with Crippen molar-refractivity contribution in [2.75, 3.05) is 0 Å². The molecule has 0 amide bonds. The molecule has 1 aromatic heterocycles. The summed E-state index contributed by atoms with van der Waals surface area (Å²) >= 11 is 0. The number of rotatable bonds is 1. The quantitative estimate of drug-likeness (QED) is 0.709. The van der Waals surface area contributed by atoms with Gasteiger partial charge in [0.2, 0.25) is 0 Å². The molecular weight excluding hydrogens is 188 g/mol. The van der Waals surface area contributed by atoms with Crippen LogP contribution in [0.15, 0.2) is 29.2 Å². The molecule has 0 N–H and O–H groups in total. The summed E-state index contributed by atoms with van der Waals surface area (Å²) in [5.74, 6) is 0.415. The van der Waals surface area contributed by atoms with Crippen LogP contribution in [0.25, 0.3) is 11.0 Å². The summed E-state index contributed by atoms with van der Waals surface area (Å²) < 4.78 is 1.63. The van der Waals surface area contributed by atoms with Crippen LogP contribution in [0.3, 0.4) is 0 Å².